The summed E-state index contributed by atoms with van der Waals surface area (Å²) in [7, 11) is 0. The lowest BCUT2D eigenvalue weighted by Gasteiger charge is -2.30. The van der Waals surface area contributed by atoms with Crippen LogP contribution in [-0.2, 0) is 6.54 Å². The molecule has 13 heavy (non-hydrogen) atoms. The zero-order valence-electron chi connectivity index (χ0n) is 8.29. The first-order valence-corrected chi connectivity index (χ1v) is 5.19. The predicted molar refractivity (Wildman–Crippen MR) is 54.5 cm³/mol. The summed E-state index contributed by atoms with van der Waals surface area (Å²) in [6.07, 6.45) is 4.77. The standard InChI is InChI=1S/C11H18N2/c1-10-4-3-7-13(8-10)9-11-5-2-6-12-11/h2,5-6,10,12H,3-4,7-9H2,1H3. The highest BCUT2D eigenvalue weighted by Gasteiger charge is 2.15. The number of hydrogen-bond donors (Lipinski definition) is 1. The van der Waals surface area contributed by atoms with Gasteiger partial charge >= 0.3 is 0 Å². The average Bonchev–Trinajstić information content (AvgIpc) is 2.57. The number of likely N-dealkylation sites (tertiary alicyclic amines) is 1. The minimum absolute atomic E-state index is 0.878. The number of aromatic nitrogens is 1. The van der Waals surface area contributed by atoms with Gasteiger partial charge in [0, 0.05) is 25.0 Å². The molecule has 0 aromatic carbocycles. The van der Waals surface area contributed by atoms with E-state index >= 15 is 0 Å². The maximum absolute atomic E-state index is 3.26. The Bertz CT molecular complexity index is 241. The molecule has 1 atom stereocenters. The van der Waals surface area contributed by atoms with Crippen LogP contribution in [0.1, 0.15) is 25.5 Å². The minimum atomic E-state index is 0.878. The summed E-state index contributed by atoms with van der Waals surface area (Å²) < 4.78 is 0. The van der Waals surface area contributed by atoms with E-state index in [1.807, 2.05) is 6.20 Å². The summed E-state index contributed by atoms with van der Waals surface area (Å²) in [5.74, 6) is 0.878. The second kappa shape index (κ2) is 3.97. The molecule has 1 aliphatic heterocycles. The zero-order chi connectivity index (χ0) is 9.10. The van der Waals surface area contributed by atoms with Crippen molar-refractivity contribution in [2.45, 2.75) is 26.3 Å². The second-order valence-corrected chi connectivity index (χ2v) is 4.18. The van der Waals surface area contributed by atoms with Crippen molar-refractivity contribution in [1.82, 2.24) is 9.88 Å². The Labute approximate surface area is 79.9 Å². The summed E-state index contributed by atoms with van der Waals surface area (Å²) in [4.78, 5) is 5.80. The van der Waals surface area contributed by atoms with Crippen molar-refractivity contribution in [2.75, 3.05) is 13.1 Å². The smallest absolute Gasteiger partial charge is 0.0385 e. The quantitative estimate of drug-likeness (QED) is 0.736. The Morgan fingerprint density at radius 2 is 2.54 bits per heavy atom. The van der Waals surface area contributed by atoms with Gasteiger partial charge < -0.3 is 4.98 Å². The first-order valence-electron chi connectivity index (χ1n) is 5.19. The van der Waals surface area contributed by atoms with E-state index in [1.54, 1.807) is 0 Å². The Balaban J connectivity index is 1.87. The zero-order valence-corrected chi connectivity index (χ0v) is 8.29. The molecular formula is C11H18N2. The van der Waals surface area contributed by atoms with Crippen molar-refractivity contribution in [3.63, 3.8) is 0 Å². The van der Waals surface area contributed by atoms with Gasteiger partial charge in [0.15, 0.2) is 0 Å². The van der Waals surface area contributed by atoms with Crippen molar-refractivity contribution in [3.8, 4) is 0 Å². The molecular weight excluding hydrogens is 160 g/mol. The van der Waals surface area contributed by atoms with Gasteiger partial charge in [0.2, 0.25) is 0 Å². The minimum Gasteiger partial charge on any atom is -0.364 e. The molecule has 0 radical (unpaired) electrons. The molecule has 0 spiro atoms. The van der Waals surface area contributed by atoms with E-state index in [4.69, 9.17) is 0 Å². The maximum Gasteiger partial charge on any atom is 0.0385 e. The molecule has 0 bridgehead atoms. The second-order valence-electron chi connectivity index (χ2n) is 4.18. The van der Waals surface area contributed by atoms with Crippen LogP contribution in [0.4, 0.5) is 0 Å². The lowest BCUT2D eigenvalue weighted by atomic mass is 10.0. The van der Waals surface area contributed by atoms with Crippen LogP contribution in [0.15, 0.2) is 18.3 Å². The Hall–Kier alpha value is -0.760. The van der Waals surface area contributed by atoms with Gasteiger partial charge in [-0.2, -0.15) is 0 Å². The fourth-order valence-electron chi connectivity index (χ4n) is 2.14. The summed E-state index contributed by atoms with van der Waals surface area (Å²) in [6, 6.07) is 4.24. The van der Waals surface area contributed by atoms with E-state index in [-0.39, 0.29) is 0 Å². The normalized spacial score (nSPS) is 24.8. The molecule has 2 heterocycles. The third kappa shape index (κ3) is 2.34. The van der Waals surface area contributed by atoms with Gasteiger partial charge in [0.05, 0.1) is 0 Å². The molecule has 1 saturated heterocycles. The van der Waals surface area contributed by atoms with Gasteiger partial charge in [0.25, 0.3) is 0 Å². The van der Waals surface area contributed by atoms with Gasteiger partial charge in [-0.25, -0.2) is 0 Å². The van der Waals surface area contributed by atoms with Crippen LogP contribution in [-0.4, -0.2) is 23.0 Å². The summed E-state index contributed by atoms with van der Waals surface area (Å²) in [6.45, 7) is 5.97. The van der Waals surface area contributed by atoms with Crippen molar-refractivity contribution in [2.24, 2.45) is 5.92 Å². The fourth-order valence-corrected chi connectivity index (χ4v) is 2.14. The lowest BCUT2D eigenvalue weighted by molar-refractivity contribution is 0.175. The Kier molecular flexibility index (Phi) is 2.69. The number of piperidine rings is 1. The average molecular weight is 178 g/mol. The topological polar surface area (TPSA) is 19.0 Å². The van der Waals surface area contributed by atoms with Gasteiger partial charge in [-0.3, -0.25) is 4.90 Å². The molecule has 1 aliphatic rings. The number of rotatable bonds is 2. The SMILES string of the molecule is CC1CCCN(Cc2ccc[nH]2)C1. The monoisotopic (exact) mass is 178 g/mol. The van der Waals surface area contributed by atoms with Crippen LogP contribution in [0.2, 0.25) is 0 Å². The highest BCUT2D eigenvalue weighted by atomic mass is 15.1. The molecule has 1 aromatic rings. The van der Waals surface area contributed by atoms with Crippen molar-refractivity contribution >= 4 is 0 Å². The molecule has 2 rings (SSSR count). The van der Waals surface area contributed by atoms with Crippen LogP contribution < -0.4 is 0 Å². The third-order valence-electron chi connectivity index (χ3n) is 2.80. The third-order valence-corrected chi connectivity index (χ3v) is 2.80. The summed E-state index contributed by atoms with van der Waals surface area (Å²) >= 11 is 0. The van der Waals surface area contributed by atoms with Crippen molar-refractivity contribution in [3.05, 3.63) is 24.0 Å². The first-order chi connectivity index (χ1) is 6.34. The number of H-pyrrole nitrogens is 1. The van der Waals surface area contributed by atoms with Crippen LogP contribution in [0, 0.1) is 5.92 Å². The van der Waals surface area contributed by atoms with Gasteiger partial charge in [-0.15, -0.1) is 0 Å². The first kappa shape index (κ1) is 8.82. The molecule has 2 nitrogen and oxygen atoms in total. The molecule has 72 valence electrons. The van der Waals surface area contributed by atoms with Gasteiger partial charge in [-0.1, -0.05) is 6.92 Å². The summed E-state index contributed by atoms with van der Waals surface area (Å²) in [5, 5.41) is 0. The van der Waals surface area contributed by atoms with Crippen LogP contribution in [0.5, 0.6) is 0 Å². The largest absolute Gasteiger partial charge is 0.364 e. The molecule has 0 saturated carbocycles. The fraction of sp³-hybridized carbons (Fsp3) is 0.636. The molecule has 1 aromatic heterocycles. The maximum atomic E-state index is 3.26. The molecule has 1 fully saturated rings. The van der Waals surface area contributed by atoms with E-state index in [1.165, 1.54) is 31.6 Å². The predicted octanol–water partition coefficient (Wildman–Crippen LogP) is 2.25. The van der Waals surface area contributed by atoms with E-state index in [0.29, 0.717) is 0 Å². The van der Waals surface area contributed by atoms with Gasteiger partial charge in [0.1, 0.15) is 0 Å². The molecule has 0 aliphatic carbocycles. The molecule has 2 heteroatoms. The highest BCUT2D eigenvalue weighted by molar-refractivity contribution is 5.03. The molecule has 1 N–H and O–H groups in total. The van der Waals surface area contributed by atoms with Gasteiger partial charge in [-0.05, 0) is 37.4 Å². The van der Waals surface area contributed by atoms with Crippen LogP contribution >= 0.6 is 0 Å². The van der Waals surface area contributed by atoms with Crippen molar-refractivity contribution in [1.29, 1.82) is 0 Å². The van der Waals surface area contributed by atoms with E-state index in [0.717, 1.165) is 12.5 Å². The number of nitrogens with zero attached hydrogens (tertiary/aromatic N) is 1. The number of nitrogens with one attached hydrogen (secondary N) is 1. The molecule has 0 amide bonds. The number of hydrogen-bond acceptors (Lipinski definition) is 1. The summed E-state index contributed by atoms with van der Waals surface area (Å²) in [5.41, 5.74) is 1.34. The Morgan fingerprint density at radius 3 is 3.23 bits per heavy atom. The van der Waals surface area contributed by atoms with E-state index < -0.39 is 0 Å². The van der Waals surface area contributed by atoms with Crippen molar-refractivity contribution < 1.29 is 0 Å². The van der Waals surface area contributed by atoms with Crippen LogP contribution in [0.25, 0.3) is 0 Å². The van der Waals surface area contributed by atoms with E-state index in [2.05, 4.69) is 28.9 Å². The Morgan fingerprint density at radius 1 is 1.62 bits per heavy atom. The molecule has 1 unspecified atom stereocenters. The number of aromatic amines is 1. The van der Waals surface area contributed by atoms with Crippen LogP contribution in [0.3, 0.4) is 0 Å². The van der Waals surface area contributed by atoms with E-state index in [9.17, 15) is 0 Å². The highest BCUT2D eigenvalue weighted by Crippen LogP contribution is 2.16. The lowest BCUT2D eigenvalue weighted by Crippen LogP contribution is -2.33.